The molecule has 1 aromatic carbocycles. The van der Waals surface area contributed by atoms with Crippen LogP contribution in [0, 0.1) is 11.6 Å². The normalized spacial score (nSPS) is 14.5. The minimum absolute atomic E-state index is 0.0821. The van der Waals surface area contributed by atoms with Gasteiger partial charge in [-0.1, -0.05) is 0 Å². The zero-order valence-electron chi connectivity index (χ0n) is 8.96. The van der Waals surface area contributed by atoms with Gasteiger partial charge in [0.2, 0.25) is 0 Å². The quantitative estimate of drug-likeness (QED) is 0.863. The molecular weight excluding hydrogens is 218 g/mol. The number of carboxylic acid groups (broad SMARTS) is 1. The van der Waals surface area contributed by atoms with E-state index in [4.69, 9.17) is 9.84 Å². The summed E-state index contributed by atoms with van der Waals surface area (Å²) in [6.45, 7) is 2.85. The summed E-state index contributed by atoms with van der Waals surface area (Å²) in [7, 11) is 0. The third-order valence-electron chi connectivity index (χ3n) is 2.28. The lowest BCUT2D eigenvalue weighted by molar-refractivity contribution is -0.165. The fourth-order valence-corrected chi connectivity index (χ4v) is 1.41. The Labute approximate surface area is 91.7 Å². The third kappa shape index (κ3) is 2.19. The van der Waals surface area contributed by atoms with E-state index in [-0.39, 0.29) is 12.2 Å². The predicted octanol–water partition coefficient (Wildman–Crippen LogP) is 2.30. The molecule has 0 fully saturated rings. The number of rotatable bonds is 4. The van der Waals surface area contributed by atoms with Gasteiger partial charge >= 0.3 is 5.97 Å². The van der Waals surface area contributed by atoms with Gasteiger partial charge in [-0.2, -0.15) is 0 Å². The van der Waals surface area contributed by atoms with E-state index < -0.39 is 23.2 Å². The highest BCUT2D eigenvalue weighted by Crippen LogP contribution is 2.28. The number of aliphatic carboxylic acids is 1. The first-order valence-corrected chi connectivity index (χ1v) is 4.74. The van der Waals surface area contributed by atoms with E-state index >= 15 is 0 Å². The lowest BCUT2D eigenvalue weighted by Gasteiger charge is -2.25. The van der Waals surface area contributed by atoms with Gasteiger partial charge in [-0.05, 0) is 32.0 Å². The van der Waals surface area contributed by atoms with Crippen LogP contribution < -0.4 is 0 Å². The van der Waals surface area contributed by atoms with Gasteiger partial charge in [0.05, 0.1) is 0 Å². The number of carbonyl (C=O) groups is 1. The topological polar surface area (TPSA) is 46.5 Å². The van der Waals surface area contributed by atoms with Crippen LogP contribution in [0.2, 0.25) is 0 Å². The maximum absolute atomic E-state index is 13.4. The summed E-state index contributed by atoms with van der Waals surface area (Å²) in [5.41, 5.74) is -2.19. The molecule has 0 aliphatic heterocycles. The highest BCUT2D eigenvalue weighted by Gasteiger charge is 2.38. The molecule has 0 aromatic heterocycles. The van der Waals surface area contributed by atoms with Crippen LogP contribution in [0.5, 0.6) is 0 Å². The Kier molecular flexibility index (Phi) is 3.59. The van der Waals surface area contributed by atoms with Crippen molar-refractivity contribution >= 4 is 5.97 Å². The Morgan fingerprint density at radius 2 is 2.12 bits per heavy atom. The van der Waals surface area contributed by atoms with Crippen molar-refractivity contribution in [3.63, 3.8) is 0 Å². The number of ether oxygens (including phenoxy) is 1. The fraction of sp³-hybridized carbons (Fsp3) is 0.364. The minimum atomic E-state index is -1.87. The summed E-state index contributed by atoms with van der Waals surface area (Å²) in [4.78, 5) is 11.1. The lowest BCUT2D eigenvalue weighted by atomic mass is 9.95. The molecule has 0 amide bonds. The van der Waals surface area contributed by atoms with Crippen LogP contribution in [0.4, 0.5) is 8.78 Å². The zero-order valence-corrected chi connectivity index (χ0v) is 8.96. The fourth-order valence-electron chi connectivity index (χ4n) is 1.41. The second-order valence-electron chi connectivity index (χ2n) is 3.40. The van der Waals surface area contributed by atoms with Gasteiger partial charge in [-0.25, -0.2) is 13.6 Å². The molecule has 1 aromatic rings. The Balaban J connectivity index is 3.31. The molecule has 0 aliphatic carbocycles. The van der Waals surface area contributed by atoms with Crippen molar-refractivity contribution in [1.82, 2.24) is 0 Å². The first-order chi connectivity index (χ1) is 7.41. The first kappa shape index (κ1) is 12.6. The molecular formula is C11H12F2O3. The van der Waals surface area contributed by atoms with Gasteiger partial charge in [-0.3, -0.25) is 0 Å². The average Bonchev–Trinajstić information content (AvgIpc) is 2.21. The summed E-state index contributed by atoms with van der Waals surface area (Å²) in [6, 6.07) is 2.64. The van der Waals surface area contributed by atoms with Crippen molar-refractivity contribution < 1.29 is 23.4 Å². The van der Waals surface area contributed by atoms with E-state index in [1.54, 1.807) is 6.92 Å². The smallest absolute Gasteiger partial charge is 0.340 e. The molecule has 1 unspecified atom stereocenters. The minimum Gasteiger partial charge on any atom is -0.479 e. The van der Waals surface area contributed by atoms with E-state index in [1.165, 1.54) is 6.92 Å². The van der Waals surface area contributed by atoms with Crippen LogP contribution in [0.15, 0.2) is 18.2 Å². The number of carboxylic acids is 1. The number of halogens is 2. The molecule has 0 radical (unpaired) electrons. The highest BCUT2D eigenvalue weighted by molar-refractivity contribution is 5.79. The van der Waals surface area contributed by atoms with Crippen molar-refractivity contribution in [3.05, 3.63) is 35.4 Å². The maximum atomic E-state index is 13.4. The average molecular weight is 230 g/mol. The van der Waals surface area contributed by atoms with Gasteiger partial charge < -0.3 is 9.84 Å². The van der Waals surface area contributed by atoms with Crippen LogP contribution >= 0.6 is 0 Å². The number of benzene rings is 1. The van der Waals surface area contributed by atoms with Crippen molar-refractivity contribution in [3.8, 4) is 0 Å². The van der Waals surface area contributed by atoms with Crippen LogP contribution in [0.1, 0.15) is 19.4 Å². The Hall–Kier alpha value is -1.49. The first-order valence-electron chi connectivity index (χ1n) is 4.74. The second-order valence-corrected chi connectivity index (χ2v) is 3.40. The molecule has 1 rings (SSSR count). The summed E-state index contributed by atoms with van der Waals surface area (Å²) < 4.78 is 31.4. The standard InChI is InChI=1S/C11H12F2O3/c1-3-16-11(2,10(14)15)8-6-7(12)4-5-9(8)13/h4-6H,3H2,1-2H3,(H,14,15). The SMILES string of the molecule is CCOC(C)(C(=O)O)c1cc(F)ccc1F. The van der Waals surface area contributed by atoms with E-state index in [0.717, 1.165) is 18.2 Å². The van der Waals surface area contributed by atoms with Crippen LogP contribution in [0.25, 0.3) is 0 Å². The molecule has 3 nitrogen and oxygen atoms in total. The molecule has 0 bridgehead atoms. The molecule has 5 heteroatoms. The Morgan fingerprint density at radius 1 is 1.50 bits per heavy atom. The van der Waals surface area contributed by atoms with E-state index in [9.17, 15) is 13.6 Å². The van der Waals surface area contributed by atoms with Crippen LogP contribution in [-0.2, 0) is 15.1 Å². The van der Waals surface area contributed by atoms with Gasteiger partial charge in [0.25, 0.3) is 0 Å². The van der Waals surface area contributed by atoms with E-state index in [2.05, 4.69) is 0 Å². The van der Waals surface area contributed by atoms with Crippen molar-refractivity contribution in [2.45, 2.75) is 19.4 Å². The van der Waals surface area contributed by atoms with Gasteiger partial charge in [0, 0.05) is 12.2 Å². The largest absolute Gasteiger partial charge is 0.479 e. The molecule has 88 valence electrons. The van der Waals surface area contributed by atoms with Crippen molar-refractivity contribution in [2.24, 2.45) is 0 Å². The molecule has 0 spiro atoms. The monoisotopic (exact) mass is 230 g/mol. The summed E-state index contributed by atoms with van der Waals surface area (Å²) in [5, 5.41) is 9.02. The maximum Gasteiger partial charge on any atom is 0.340 e. The van der Waals surface area contributed by atoms with Crippen LogP contribution in [0.3, 0.4) is 0 Å². The van der Waals surface area contributed by atoms with Crippen LogP contribution in [-0.4, -0.2) is 17.7 Å². The third-order valence-corrected chi connectivity index (χ3v) is 2.28. The molecule has 0 aliphatic rings. The second kappa shape index (κ2) is 4.57. The Morgan fingerprint density at radius 3 is 2.62 bits per heavy atom. The summed E-state index contributed by atoms with van der Waals surface area (Å²) in [5.74, 6) is -2.87. The van der Waals surface area contributed by atoms with Crippen molar-refractivity contribution in [1.29, 1.82) is 0 Å². The number of hydrogen-bond acceptors (Lipinski definition) is 2. The van der Waals surface area contributed by atoms with Crippen molar-refractivity contribution in [2.75, 3.05) is 6.61 Å². The summed E-state index contributed by atoms with van der Waals surface area (Å²) in [6.07, 6.45) is 0. The molecule has 1 N–H and O–H groups in total. The highest BCUT2D eigenvalue weighted by atomic mass is 19.1. The zero-order chi connectivity index (χ0) is 12.3. The van der Waals surface area contributed by atoms with E-state index in [0.29, 0.717) is 0 Å². The Bertz CT molecular complexity index is 406. The van der Waals surface area contributed by atoms with Gasteiger partial charge in [0.15, 0.2) is 5.60 Å². The van der Waals surface area contributed by atoms with Gasteiger partial charge in [0.1, 0.15) is 11.6 Å². The summed E-state index contributed by atoms with van der Waals surface area (Å²) >= 11 is 0. The molecule has 1 atom stereocenters. The lowest BCUT2D eigenvalue weighted by Crippen LogP contribution is -2.36. The molecule has 0 heterocycles. The number of hydrogen-bond donors (Lipinski definition) is 1. The molecule has 0 saturated heterocycles. The molecule has 16 heavy (non-hydrogen) atoms. The van der Waals surface area contributed by atoms with E-state index in [1.807, 2.05) is 0 Å². The van der Waals surface area contributed by atoms with Gasteiger partial charge in [-0.15, -0.1) is 0 Å². The molecule has 0 saturated carbocycles. The predicted molar refractivity (Wildman–Crippen MR) is 53.0 cm³/mol.